The minimum Gasteiger partial charge on any atom is -0.481 e. The van der Waals surface area contributed by atoms with Crippen LogP contribution in [0, 0.1) is 11.8 Å². The largest absolute Gasteiger partial charge is 0.481 e. The van der Waals surface area contributed by atoms with Gasteiger partial charge >= 0.3 is 11.9 Å². The Hall–Kier alpha value is -1.10. The molecule has 5 heteroatoms. The first kappa shape index (κ1) is 8.50. The van der Waals surface area contributed by atoms with Gasteiger partial charge in [-0.25, -0.2) is 0 Å². The molecule has 0 aromatic heterocycles. The molecule has 4 atom stereocenters. The van der Waals surface area contributed by atoms with E-state index in [2.05, 4.69) is 5.32 Å². The van der Waals surface area contributed by atoms with Gasteiger partial charge in [0.1, 0.15) is 0 Å². The van der Waals surface area contributed by atoms with E-state index < -0.39 is 23.8 Å². The molecule has 2 aliphatic rings. The molecule has 0 amide bonds. The van der Waals surface area contributed by atoms with Crippen LogP contribution >= 0.6 is 0 Å². The van der Waals surface area contributed by atoms with Crippen LogP contribution in [0.4, 0.5) is 0 Å². The molecule has 2 aliphatic heterocycles. The zero-order valence-electron chi connectivity index (χ0n) is 6.93. The number of hydrogen-bond donors (Lipinski definition) is 3. The van der Waals surface area contributed by atoms with E-state index in [0.29, 0.717) is 0 Å². The maximum absolute atomic E-state index is 10.8. The van der Waals surface area contributed by atoms with Gasteiger partial charge in [0.05, 0.1) is 11.8 Å². The van der Waals surface area contributed by atoms with Crippen molar-refractivity contribution in [3.8, 4) is 0 Å². The van der Waals surface area contributed by atoms with Gasteiger partial charge in [-0.1, -0.05) is 0 Å². The highest BCUT2D eigenvalue weighted by molar-refractivity contribution is 5.82. The molecule has 0 aromatic rings. The Bertz CT molecular complexity index is 239. The molecule has 0 aliphatic carbocycles. The highest BCUT2D eigenvalue weighted by Gasteiger charge is 2.54. The molecule has 2 saturated heterocycles. The van der Waals surface area contributed by atoms with Gasteiger partial charge in [-0.2, -0.15) is 0 Å². The van der Waals surface area contributed by atoms with Gasteiger partial charge in [0, 0.05) is 12.1 Å². The van der Waals surface area contributed by atoms with Gasteiger partial charge in [-0.3, -0.25) is 9.59 Å². The minimum atomic E-state index is -0.993. The van der Waals surface area contributed by atoms with E-state index in [1.807, 2.05) is 0 Å². The van der Waals surface area contributed by atoms with Gasteiger partial charge in [-0.05, 0) is 12.8 Å². The summed E-state index contributed by atoms with van der Waals surface area (Å²) in [6, 6.07) is -0.271. The molecule has 2 bridgehead atoms. The molecular weight excluding hydrogens is 174 g/mol. The fourth-order valence-corrected chi connectivity index (χ4v) is 2.52. The van der Waals surface area contributed by atoms with Crippen molar-refractivity contribution in [2.75, 3.05) is 0 Å². The lowest BCUT2D eigenvalue weighted by molar-refractivity contribution is -0.154. The number of carboxylic acids is 2. The quantitative estimate of drug-likeness (QED) is 0.541. The number of hydrogen-bond acceptors (Lipinski definition) is 3. The Balaban J connectivity index is 2.24. The van der Waals surface area contributed by atoms with Crippen molar-refractivity contribution >= 4 is 11.9 Å². The Morgan fingerprint density at radius 2 is 1.38 bits per heavy atom. The Morgan fingerprint density at radius 3 is 1.69 bits per heavy atom. The van der Waals surface area contributed by atoms with Crippen LogP contribution in [0.3, 0.4) is 0 Å². The summed E-state index contributed by atoms with van der Waals surface area (Å²) >= 11 is 0. The second-order valence-corrected chi connectivity index (χ2v) is 3.69. The standard InChI is InChI=1S/C8H11NO4/c10-7(11)5-3-1-2-4(9-3)6(5)8(12)13/h3-6,9H,1-2H2,(H,10,11)(H,12,13)/t3?,4?,5-,6-/m1/s1. The first-order valence-corrected chi connectivity index (χ1v) is 4.33. The zero-order chi connectivity index (χ0) is 9.59. The van der Waals surface area contributed by atoms with Crippen molar-refractivity contribution in [2.45, 2.75) is 24.9 Å². The first-order valence-electron chi connectivity index (χ1n) is 4.33. The molecular formula is C8H11NO4. The summed E-state index contributed by atoms with van der Waals surface area (Å²) < 4.78 is 0. The van der Waals surface area contributed by atoms with Gasteiger partial charge in [0.2, 0.25) is 0 Å². The highest BCUT2D eigenvalue weighted by atomic mass is 16.4. The molecule has 0 spiro atoms. The van der Waals surface area contributed by atoms with E-state index in [1.54, 1.807) is 0 Å². The van der Waals surface area contributed by atoms with Crippen LogP contribution in [-0.4, -0.2) is 34.2 Å². The summed E-state index contributed by atoms with van der Waals surface area (Å²) in [5.74, 6) is -3.47. The van der Waals surface area contributed by atoms with Gasteiger partial charge < -0.3 is 15.5 Å². The smallest absolute Gasteiger partial charge is 0.309 e. The molecule has 2 heterocycles. The summed E-state index contributed by atoms with van der Waals surface area (Å²) in [7, 11) is 0. The van der Waals surface area contributed by atoms with E-state index in [4.69, 9.17) is 10.2 Å². The second-order valence-electron chi connectivity index (χ2n) is 3.69. The molecule has 2 rings (SSSR count). The molecule has 0 aromatic carbocycles. The number of carbonyl (C=O) groups is 2. The molecule has 0 saturated carbocycles. The maximum atomic E-state index is 10.8. The van der Waals surface area contributed by atoms with Crippen LogP contribution in [0.2, 0.25) is 0 Å². The third kappa shape index (κ3) is 1.11. The maximum Gasteiger partial charge on any atom is 0.309 e. The van der Waals surface area contributed by atoms with Crippen LogP contribution < -0.4 is 5.32 Å². The summed E-state index contributed by atoms with van der Waals surface area (Å²) in [5.41, 5.74) is 0. The SMILES string of the molecule is O=C(O)[C@@H]1C2CCC(N2)[C@H]1C(=O)O. The van der Waals surface area contributed by atoms with Crippen molar-refractivity contribution in [2.24, 2.45) is 11.8 Å². The second kappa shape index (κ2) is 2.70. The first-order chi connectivity index (χ1) is 6.11. The minimum absolute atomic E-state index is 0.136. The Kier molecular flexibility index (Phi) is 1.76. The number of rotatable bonds is 2. The van der Waals surface area contributed by atoms with E-state index in [-0.39, 0.29) is 12.1 Å². The fraction of sp³-hybridized carbons (Fsp3) is 0.750. The van der Waals surface area contributed by atoms with Crippen LogP contribution in [0.25, 0.3) is 0 Å². The van der Waals surface area contributed by atoms with Crippen molar-refractivity contribution in [1.29, 1.82) is 0 Å². The lowest BCUT2D eigenvalue weighted by Crippen LogP contribution is -2.38. The summed E-state index contributed by atoms with van der Waals surface area (Å²) in [4.78, 5) is 21.6. The number of carboxylic acid groups (broad SMARTS) is 2. The average Bonchev–Trinajstić information content (AvgIpc) is 2.60. The summed E-state index contributed by atoms with van der Waals surface area (Å²) in [5, 5.41) is 20.7. The van der Waals surface area contributed by atoms with Crippen LogP contribution in [-0.2, 0) is 9.59 Å². The van der Waals surface area contributed by atoms with Crippen molar-refractivity contribution < 1.29 is 19.8 Å². The van der Waals surface area contributed by atoms with Crippen LogP contribution in [0.5, 0.6) is 0 Å². The predicted octanol–water partition coefficient (Wildman–Crippen LogP) is -0.478. The molecule has 2 unspecified atom stereocenters. The normalized spacial score (nSPS) is 42.2. The Labute approximate surface area is 74.7 Å². The van der Waals surface area contributed by atoms with Crippen LogP contribution in [0.15, 0.2) is 0 Å². The number of fused-ring (bicyclic) bond motifs is 2. The monoisotopic (exact) mass is 185 g/mol. The molecule has 5 nitrogen and oxygen atoms in total. The fourth-order valence-electron chi connectivity index (χ4n) is 2.52. The van der Waals surface area contributed by atoms with Gasteiger partial charge in [0.25, 0.3) is 0 Å². The molecule has 0 radical (unpaired) electrons. The van der Waals surface area contributed by atoms with E-state index >= 15 is 0 Å². The van der Waals surface area contributed by atoms with E-state index in [0.717, 1.165) is 12.8 Å². The average molecular weight is 185 g/mol. The summed E-state index contributed by atoms with van der Waals surface area (Å²) in [6.45, 7) is 0. The predicted molar refractivity (Wildman–Crippen MR) is 42.2 cm³/mol. The van der Waals surface area contributed by atoms with Gasteiger partial charge in [-0.15, -0.1) is 0 Å². The van der Waals surface area contributed by atoms with Crippen molar-refractivity contribution in [1.82, 2.24) is 5.32 Å². The van der Waals surface area contributed by atoms with Crippen molar-refractivity contribution in [3.05, 3.63) is 0 Å². The van der Waals surface area contributed by atoms with Crippen molar-refractivity contribution in [3.63, 3.8) is 0 Å². The van der Waals surface area contributed by atoms with E-state index in [9.17, 15) is 9.59 Å². The zero-order valence-corrected chi connectivity index (χ0v) is 6.93. The summed E-state index contributed by atoms with van der Waals surface area (Å²) in [6.07, 6.45) is 1.57. The Morgan fingerprint density at radius 1 is 1.00 bits per heavy atom. The molecule has 2 fully saturated rings. The van der Waals surface area contributed by atoms with Gasteiger partial charge in [0.15, 0.2) is 0 Å². The molecule has 3 N–H and O–H groups in total. The topological polar surface area (TPSA) is 86.6 Å². The number of nitrogens with one attached hydrogen (secondary N) is 1. The third-order valence-electron chi connectivity index (χ3n) is 3.04. The molecule has 13 heavy (non-hydrogen) atoms. The van der Waals surface area contributed by atoms with E-state index in [1.165, 1.54) is 0 Å². The molecule has 72 valence electrons. The lowest BCUT2D eigenvalue weighted by atomic mass is 9.79. The lowest BCUT2D eigenvalue weighted by Gasteiger charge is -2.22. The van der Waals surface area contributed by atoms with Crippen LogP contribution in [0.1, 0.15) is 12.8 Å². The number of aliphatic carboxylic acids is 2. The third-order valence-corrected chi connectivity index (χ3v) is 3.04. The highest BCUT2D eigenvalue weighted by Crippen LogP contribution is 2.38.